The molecule has 78 valence electrons. The lowest BCUT2D eigenvalue weighted by molar-refractivity contribution is 0.299. The van der Waals surface area contributed by atoms with Crippen LogP contribution in [0.2, 0.25) is 0 Å². The van der Waals surface area contributed by atoms with Gasteiger partial charge in [-0.25, -0.2) is 0 Å². The van der Waals surface area contributed by atoms with Crippen LogP contribution in [0.4, 0.5) is 0 Å². The van der Waals surface area contributed by atoms with E-state index in [1.807, 2.05) is 24.3 Å². The first kappa shape index (κ1) is 9.93. The maximum absolute atomic E-state index is 8.85. The maximum Gasteiger partial charge on any atom is 0.137 e. The smallest absolute Gasteiger partial charge is 0.137 e. The highest BCUT2D eigenvalue weighted by Crippen LogP contribution is 2.19. The number of methoxy groups -OCH3 is 1. The Kier molecular flexibility index (Phi) is 2.83. The average Bonchev–Trinajstić information content (AvgIpc) is 2.28. The third-order valence-electron chi connectivity index (χ3n) is 2.36. The second-order valence-electron chi connectivity index (χ2n) is 3.38. The van der Waals surface area contributed by atoms with Gasteiger partial charge in [0.2, 0.25) is 0 Å². The third-order valence-corrected chi connectivity index (χ3v) is 2.36. The summed E-state index contributed by atoms with van der Waals surface area (Å²) in [5, 5.41) is 9.89. The molecule has 1 N–H and O–H groups in total. The van der Waals surface area contributed by atoms with Crippen LogP contribution >= 0.6 is 0 Å². The molecule has 0 saturated carbocycles. The van der Waals surface area contributed by atoms with Gasteiger partial charge in [0.15, 0.2) is 0 Å². The zero-order valence-corrected chi connectivity index (χ0v) is 8.60. The minimum atomic E-state index is 0.170. The molecule has 2 rings (SSSR count). The van der Waals surface area contributed by atoms with Gasteiger partial charge >= 0.3 is 0 Å². The van der Waals surface area contributed by atoms with E-state index in [4.69, 9.17) is 9.84 Å². The van der Waals surface area contributed by atoms with Gasteiger partial charge in [0.05, 0.1) is 18.8 Å². The van der Waals surface area contributed by atoms with Gasteiger partial charge in [0.25, 0.3) is 0 Å². The molecule has 1 aromatic heterocycles. The largest absolute Gasteiger partial charge is 0.495 e. The Labute approximate surface area is 88.3 Å². The molecule has 0 saturated heterocycles. The number of benzene rings is 1. The number of fused-ring (bicyclic) bond motifs is 1. The van der Waals surface area contributed by atoms with Gasteiger partial charge in [0, 0.05) is 12.0 Å². The molecule has 0 aliphatic heterocycles. The molecular formula is C12H13NO2. The van der Waals surface area contributed by atoms with E-state index >= 15 is 0 Å². The van der Waals surface area contributed by atoms with Gasteiger partial charge in [-0.05, 0) is 30.2 Å². The van der Waals surface area contributed by atoms with Crippen molar-refractivity contribution >= 4 is 10.9 Å². The van der Waals surface area contributed by atoms with Crippen molar-refractivity contribution in [3.63, 3.8) is 0 Å². The summed E-state index contributed by atoms with van der Waals surface area (Å²) in [6.45, 7) is 0.170. The molecule has 0 fully saturated rings. The van der Waals surface area contributed by atoms with Crippen molar-refractivity contribution < 1.29 is 9.84 Å². The highest BCUT2D eigenvalue weighted by atomic mass is 16.5. The van der Waals surface area contributed by atoms with E-state index in [1.54, 1.807) is 13.3 Å². The van der Waals surface area contributed by atoms with E-state index in [1.165, 1.54) is 0 Å². The predicted octanol–water partition coefficient (Wildman–Crippen LogP) is 1.78. The Balaban J connectivity index is 2.48. The first-order valence-electron chi connectivity index (χ1n) is 4.87. The van der Waals surface area contributed by atoms with Crippen molar-refractivity contribution in [2.75, 3.05) is 13.7 Å². The van der Waals surface area contributed by atoms with Crippen LogP contribution in [0.25, 0.3) is 10.9 Å². The fourth-order valence-electron chi connectivity index (χ4n) is 1.56. The molecular weight excluding hydrogens is 190 g/mol. The van der Waals surface area contributed by atoms with E-state index in [0.29, 0.717) is 6.42 Å². The molecule has 0 aliphatic rings. The van der Waals surface area contributed by atoms with Crippen molar-refractivity contribution in [3.8, 4) is 5.75 Å². The topological polar surface area (TPSA) is 42.4 Å². The lowest BCUT2D eigenvalue weighted by atomic mass is 10.1. The average molecular weight is 203 g/mol. The van der Waals surface area contributed by atoms with Gasteiger partial charge in [-0.15, -0.1) is 0 Å². The summed E-state index contributed by atoms with van der Waals surface area (Å²) in [5.74, 6) is 0.753. The van der Waals surface area contributed by atoms with Gasteiger partial charge in [-0.1, -0.05) is 6.07 Å². The van der Waals surface area contributed by atoms with Crippen LogP contribution in [0.3, 0.4) is 0 Å². The summed E-state index contributed by atoms with van der Waals surface area (Å²) in [6.07, 6.45) is 2.38. The van der Waals surface area contributed by atoms with Crippen molar-refractivity contribution in [2.45, 2.75) is 6.42 Å². The fraction of sp³-hybridized carbons (Fsp3) is 0.250. The minimum Gasteiger partial charge on any atom is -0.495 e. The first-order valence-corrected chi connectivity index (χ1v) is 4.87. The summed E-state index contributed by atoms with van der Waals surface area (Å²) in [6, 6.07) is 7.92. The van der Waals surface area contributed by atoms with Crippen molar-refractivity contribution in [1.82, 2.24) is 4.98 Å². The molecule has 3 heteroatoms. The molecule has 0 atom stereocenters. The number of pyridine rings is 1. The zero-order chi connectivity index (χ0) is 10.7. The number of hydrogen-bond acceptors (Lipinski definition) is 3. The number of aromatic nitrogens is 1. The lowest BCUT2D eigenvalue weighted by Crippen LogP contribution is -1.91. The van der Waals surface area contributed by atoms with Crippen LogP contribution < -0.4 is 4.74 Å². The summed E-state index contributed by atoms with van der Waals surface area (Å²) in [7, 11) is 1.63. The lowest BCUT2D eigenvalue weighted by Gasteiger charge is -2.03. The standard InChI is InChI=1S/C12H13NO2/c1-15-11-7-10-6-9(4-5-14)2-3-12(10)13-8-11/h2-3,6-8,14H,4-5H2,1H3. The van der Waals surface area contributed by atoms with Gasteiger partial charge in [-0.2, -0.15) is 0 Å². The molecule has 1 aromatic carbocycles. The highest BCUT2D eigenvalue weighted by Gasteiger charge is 1.99. The van der Waals surface area contributed by atoms with E-state index in [9.17, 15) is 0 Å². The van der Waals surface area contributed by atoms with Crippen LogP contribution in [-0.2, 0) is 6.42 Å². The quantitative estimate of drug-likeness (QED) is 0.826. The number of nitrogens with zero attached hydrogens (tertiary/aromatic N) is 1. The molecule has 0 aliphatic carbocycles. The van der Waals surface area contributed by atoms with E-state index in [0.717, 1.165) is 22.2 Å². The number of aliphatic hydroxyl groups excluding tert-OH is 1. The summed E-state index contributed by atoms with van der Waals surface area (Å²) >= 11 is 0. The highest BCUT2D eigenvalue weighted by molar-refractivity contribution is 5.80. The second kappa shape index (κ2) is 4.28. The van der Waals surface area contributed by atoms with E-state index in [2.05, 4.69) is 4.98 Å². The molecule has 0 amide bonds. The summed E-state index contributed by atoms with van der Waals surface area (Å²) in [4.78, 5) is 4.27. The number of hydrogen-bond donors (Lipinski definition) is 1. The van der Waals surface area contributed by atoms with Crippen LogP contribution in [-0.4, -0.2) is 23.8 Å². The third kappa shape index (κ3) is 2.07. The molecule has 0 radical (unpaired) electrons. The van der Waals surface area contributed by atoms with Gasteiger partial charge in [0.1, 0.15) is 5.75 Å². The van der Waals surface area contributed by atoms with Crippen LogP contribution in [0.1, 0.15) is 5.56 Å². The SMILES string of the molecule is COc1cnc2ccc(CCO)cc2c1. The molecule has 15 heavy (non-hydrogen) atoms. The summed E-state index contributed by atoms with van der Waals surface area (Å²) in [5.41, 5.74) is 2.05. The normalized spacial score (nSPS) is 10.5. The van der Waals surface area contributed by atoms with E-state index in [-0.39, 0.29) is 6.61 Å². The molecule has 2 aromatic rings. The molecule has 1 heterocycles. The van der Waals surface area contributed by atoms with Gasteiger partial charge in [-0.3, -0.25) is 4.98 Å². The van der Waals surface area contributed by atoms with Crippen LogP contribution in [0, 0.1) is 0 Å². The Morgan fingerprint density at radius 1 is 1.33 bits per heavy atom. The molecule has 0 bridgehead atoms. The molecule has 0 unspecified atom stereocenters. The maximum atomic E-state index is 8.85. The summed E-state index contributed by atoms with van der Waals surface area (Å²) < 4.78 is 5.11. The first-order chi connectivity index (χ1) is 7.33. The Hall–Kier alpha value is -1.61. The molecule has 0 spiro atoms. The van der Waals surface area contributed by atoms with Crippen molar-refractivity contribution in [3.05, 3.63) is 36.0 Å². The fourth-order valence-corrected chi connectivity index (χ4v) is 1.56. The Bertz CT molecular complexity index is 468. The number of aliphatic hydroxyl groups is 1. The molecule has 3 nitrogen and oxygen atoms in total. The van der Waals surface area contributed by atoms with Gasteiger partial charge < -0.3 is 9.84 Å². The zero-order valence-electron chi connectivity index (χ0n) is 8.60. The Morgan fingerprint density at radius 2 is 2.20 bits per heavy atom. The Morgan fingerprint density at radius 3 is 2.93 bits per heavy atom. The van der Waals surface area contributed by atoms with Crippen molar-refractivity contribution in [2.24, 2.45) is 0 Å². The predicted molar refractivity (Wildman–Crippen MR) is 59.1 cm³/mol. The number of rotatable bonds is 3. The van der Waals surface area contributed by atoms with Crippen LogP contribution in [0.5, 0.6) is 5.75 Å². The number of ether oxygens (including phenoxy) is 1. The van der Waals surface area contributed by atoms with E-state index < -0.39 is 0 Å². The van der Waals surface area contributed by atoms with Crippen LogP contribution in [0.15, 0.2) is 30.5 Å². The minimum absolute atomic E-state index is 0.170. The second-order valence-corrected chi connectivity index (χ2v) is 3.38. The van der Waals surface area contributed by atoms with Crippen molar-refractivity contribution in [1.29, 1.82) is 0 Å². The monoisotopic (exact) mass is 203 g/mol.